The van der Waals surface area contributed by atoms with Gasteiger partial charge < -0.3 is 9.80 Å². The molecule has 4 aromatic rings. The molecular weight excluding hydrogens is 452 g/mol. The fraction of sp³-hybridized carbons (Fsp3) is 0.190. The number of anilines is 1. The predicted molar refractivity (Wildman–Crippen MR) is 122 cm³/mol. The molecule has 11 heteroatoms. The molecule has 0 unspecified atom stereocenters. The molecule has 0 saturated carbocycles. The number of rotatable bonds is 3. The number of carbonyl (C=O) groups is 1. The molecule has 0 bridgehead atoms. The van der Waals surface area contributed by atoms with Gasteiger partial charge in [0, 0.05) is 44.0 Å². The number of fused-ring (bicyclic) bond motifs is 1. The Kier molecular flexibility index (Phi) is 5.24. The summed E-state index contributed by atoms with van der Waals surface area (Å²) >= 11 is 7.73. The van der Waals surface area contributed by atoms with Gasteiger partial charge in [-0.25, -0.2) is 4.98 Å². The fourth-order valence-corrected chi connectivity index (χ4v) is 4.61. The lowest BCUT2D eigenvalue weighted by Crippen LogP contribution is -2.50. The van der Waals surface area contributed by atoms with Crippen molar-refractivity contribution in [2.45, 2.75) is 0 Å². The Morgan fingerprint density at radius 2 is 1.75 bits per heavy atom. The maximum Gasteiger partial charge on any atom is 0.292 e. The lowest BCUT2D eigenvalue weighted by atomic mass is 10.2. The first-order chi connectivity index (χ1) is 15.5. The zero-order chi connectivity index (χ0) is 22.2. The molecule has 1 aromatic carbocycles. The highest BCUT2D eigenvalue weighted by atomic mass is 35.5. The van der Waals surface area contributed by atoms with Gasteiger partial charge in [-0.1, -0.05) is 29.8 Å². The molecule has 5 rings (SSSR count). The van der Waals surface area contributed by atoms with E-state index >= 15 is 0 Å². The van der Waals surface area contributed by atoms with Crippen molar-refractivity contribution in [1.82, 2.24) is 24.1 Å². The summed E-state index contributed by atoms with van der Waals surface area (Å²) in [6.45, 7) is 1.67. The van der Waals surface area contributed by atoms with Crippen molar-refractivity contribution in [2.24, 2.45) is 0 Å². The molecule has 0 spiro atoms. The summed E-state index contributed by atoms with van der Waals surface area (Å²) in [6.07, 6.45) is 4.51. The molecule has 0 radical (unpaired) electrons. The topological polar surface area (TPSA) is 92.8 Å². The molecule has 1 fully saturated rings. The van der Waals surface area contributed by atoms with Crippen molar-refractivity contribution in [3.8, 4) is 5.69 Å². The van der Waals surface area contributed by atoms with E-state index in [4.69, 9.17) is 11.6 Å². The van der Waals surface area contributed by atoms with Gasteiger partial charge in [0.05, 0.1) is 17.6 Å². The second kappa shape index (κ2) is 8.21. The lowest BCUT2D eigenvalue weighted by Gasteiger charge is -2.36. The number of aromatic nitrogens is 4. The highest BCUT2D eigenvalue weighted by molar-refractivity contribution is 7.15. The molecule has 0 N–H and O–H groups in total. The van der Waals surface area contributed by atoms with E-state index in [0.717, 1.165) is 0 Å². The summed E-state index contributed by atoms with van der Waals surface area (Å²) in [5, 5.41) is 6.10. The molecule has 4 heterocycles. The first-order valence-corrected chi connectivity index (χ1v) is 11.1. The Balaban J connectivity index is 1.34. The minimum atomic E-state index is -0.406. The fourth-order valence-electron chi connectivity index (χ4n) is 3.69. The van der Waals surface area contributed by atoms with Crippen molar-refractivity contribution >= 4 is 39.5 Å². The molecule has 1 saturated heterocycles. The standard InChI is InChI=1S/C21H17ClN6O3S/c22-17-16(13-24-28(20(17)31)14-4-2-1-3-5-14)25-6-8-26(9-7-25)18(29)15-12-23-21-27(19(15)30)10-11-32-21/h1-5,10-13H,6-9H2. The first-order valence-electron chi connectivity index (χ1n) is 9.87. The van der Waals surface area contributed by atoms with Crippen LogP contribution in [-0.4, -0.2) is 56.2 Å². The van der Waals surface area contributed by atoms with E-state index in [0.29, 0.717) is 42.5 Å². The van der Waals surface area contributed by atoms with Crippen LogP contribution in [0.1, 0.15) is 10.4 Å². The van der Waals surface area contributed by atoms with Crippen LogP contribution < -0.4 is 16.0 Å². The van der Waals surface area contributed by atoms with E-state index in [9.17, 15) is 14.4 Å². The number of para-hydroxylation sites is 1. The van der Waals surface area contributed by atoms with Crippen molar-refractivity contribution in [1.29, 1.82) is 0 Å². The molecular formula is C21H17ClN6O3S. The Morgan fingerprint density at radius 1 is 1.00 bits per heavy atom. The number of amides is 1. The minimum Gasteiger partial charge on any atom is -0.365 e. The van der Waals surface area contributed by atoms with Crippen LogP contribution in [0.25, 0.3) is 10.6 Å². The number of thiazole rings is 1. The summed E-state index contributed by atoms with van der Waals surface area (Å²) in [4.78, 5) is 46.5. The van der Waals surface area contributed by atoms with Gasteiger partial charge in [0.1, 0.15) is 10.6 Å². The van der Waals surface area contributed by atoms with Gasteiger partial charge in [-0.15, -0.1) is 11.3 Å². The van der Waals surface area contributed by atoms with E-state index in [1.165, 1.54) is 26.6 Å². The van der Waals surface area contributed by atoms with Crippen LogP contribution >= 0.6 is 22.9 Å². The third kappa shape index (κ3) is 3.47. The highest BCUT2D eigenvalue weighted by Gasteiger charge is 2.26. The van der Waals surface area contributed by atoms with Gasteiger partial charge in [-0.05, 0) is 12.1 Å². The first kappa shape index (κ1) is 20.4. The van der Waals surface area contributed by atoms with Gasteiger partial charge >= 0.3 is 0 Å². The predicted octanol–water partition coefficient (Wildman–Crippen LogP) is 1.92. The smallest absolute Gasteiger partial charge is 0.292 e. The van der Waals surface area contributed by atoms with E-state index in [-0.39, 0.29) is 22.1 Å². The maximum absolute atomic E-state index is 12.9. The van der Waals surface area contributed by atoms with Crippen molar-refractivity contribution in [2.75, 3.05) is 31.1 Å². The number of hydrogen-bond donors (Lipinski definition) is 0. The number of nitrogens with zero attached hydrogens (tertiary/aromatic N) is 6. The average molecular weight is 469 g/mol. The van der Waals surface area contributed by atoms with E-state index < -0.39 is 5.56 Å². The van der Waals surface area contributed by atoms with Crippen LogP contribution in [-0.2, 0) is 0 Å². The molecule has 0 atom stereocenters. The third-order valence-electron chi connectivity index (χ3n) is 5.38. The van der Waals surface area contributed by atoms with E-state index in [2.05, 4.69) is 10.1 Å². The van der Waals surface area contributed by atoms with Gasteiger partial charge in [0.2, 0.25) is 0 Å². The Hall–Kier alpha value is -3.50. The molecule has 3 aromatic heterocycles. The average Bonchev–Trinajstić information content (AvgIpc) is 3.31. The second-order valence-electron chi connectivity index (χ2n) is 7.21. The van der Waals surface area contributed by atoms with Gasteiger partial charge in [-0.3, -0.25) is 18.8 Å². The molecule has 32 heavy (non-hydrogen) atoms. The van der Waals surface area contributed by atoms with Gasteiger partial charge in [0.15, 0.2) is 4.96 Å². The molecule has 9 nitrogen and oxygen atoms in total. The van der Waals surface area contributed by atoms with Crippen molar-refractivity contribution in [3.63, 3.8) is 0 Å². The quantitative estimate of drug-likeness (QED) is 0.456. The van der Waals surface area contributed by atoms with Crippen LogP contribution in [0.3, 0.4) is 0 Å². The second-order valence-corrected chi connectivity index (χ2v) is 8.46. The minimum absolute atomic E-state index is 0.0412. The van der Waals surface area contributed by atoms with Gasteiger partial charge in [-0.2, -0.15) is 9.78 Å². The maximum atomic E-state index is 12.9. The summed E-state index contributed by atoms with van der Waals surface area (Å²) in [7, 11) is 0. The van der Waals surface area contributed by atoms with E-state index in [1.54, 1.807) is 34.8 Å². The summed E-state index contributed by atoms with van der Waals surface area (Å²) < 4.78 is 2.63. The number of carbonyl (C=O) groups excluding carboxylic acids is 1. The van der Waals surface area contributed by atoms with Crippen LogP contribution in [0.2, 0.25) is 5.02 Å². The summed E-state index contributed by atoms with van der Waals surface area (Å²) in [6, 6.07) is 9.05. The highest BCUT2D eigenvalue weighted by Crippen LogP contribution is 2.23. The van der Waals surface area contributed by atoms with Gasteiger partial charge in [0.25, 0.3) is 17.0 Å². The monoisotopic (exact) mass is 468 g/mol. The molecule has 1 amide bonds. The molecule has 0 aliphatic carbocycles. The van der Waals surface area contributed by atoms with E-state index in [1.807, 2.05) is 23.1 Å². The van der Waals surface area contributed by atoms with Crippen LogP contribution in [0.5, 0.6) is 0 Å². The lowest BCUT2D eigenvalue weighted by molar-refractivity contribution is 0.0744. The molecule has 1 aliphatic rings. The van der Waals surface area contributed by atoms with Crippen LogP contribution in [0.4, 0.5) is 5.69 Å². The normalized spacial score (nSPS) is 14.2. The number of halogens is 1. The summed E-state index contributed by atoms with van der Waals surface area (Å²) in [5.74, 6) is -0.355. The largest absolute Gasteiger partial charge is 0.365 e. The Bertz CT molecular complexity index is 1420. The molecule has 1 aliphatic heterocycles. The number of benzene rings is 1. The Labute approximate surface area is 190 Å². The zero-order valence-electron chi connectivity index (χ0n) is 16.7. The van der Waals surface area contributed by atoms with Crippen LogP contribution in [0, 0.1) is 0 Å². The third-order valence-corrected chi connectivity index (χ3v) is 6.51. The molecule has 162 valence electrons. The van der Waals surface area contributed by atoms with Crippen molar-refractivity contribution in [3.05, 3.63) is 85.6 Å². The number of hydrogen-bond acceptors (Lipinski definition) is 7. The van der Waals surface area contributed by atoms with Crippen molar-refractivity contribution < 1.29 is 4.79 Å². The zero-order valence-corrected chi connectivity index (χ0v) is 18.3. The Morgan fingerprint density at radius 3 is 2.50 bits per heavy atom. The summed E-state index contributed by atoms with van der Waals surface area (Å²) in [5.41, 5.74) is 0.415. The number of piperazine rings is 1. The SMILES string of the molecule is O=C(c1cnc2sccn2c1=O)N1CCN(c2cnn(-c3ccccc3)c(=O)c2Cl)CC1. The van der Waals surface area contributed by atoms with Crippen LogP contribution in [0.15, 0.2) is 63.9 Å².